The Morgan fingerprint density at radius 2 is 2.16 bits per heavy atom. The first-order valence-electron chi connectivity index (χ1n) is 7.27. The molecule has 0 aromatic carbocycles. The van der Waals surface area contributed by atoms with Crippen molar-refractivity contribution in [3.63, 3.8) is 0 Å². The average Bonchev–Trinajstić information content (AvgIpc) is 2.96. The number of rotatable bonds is 1. The minimum atomic E-state index is 0.837. The zero-order valence-corrected chi connectivity index (χ0v) is 12.6. The van der Waals surface area contributed by atoms with Gasteiger partial charge in [-0.1, -0.05) is 6.42 Å². The normalized spacial score (nSPS) is 34.4. The highest BCUT2D eigenvalue weighted by molar-refractivity contribution is 9.10. The summed E-state index contributed by atoms with van der Waals surface area (Å²) in [6.45, 7) is 4.96. The second-order valence-electron chi connectivity index (χ2n) is 6.08. The maximum Gasteiger partial charge on any atom is 0.146 e. The first-order valence-corrected chi connectivity index (χ1v) is 8.07. The van der Waals surface area contributed by atoms with Crippen LogP contribution in [0.4, 0.5) is 5.82 Å². The summed E-state index contributed by atoms with van der Waals surface area (Å²) in [4.78, 5) is 13.7. The van der Waals surface area contributed by atoms with Gasteiger partial charge in [0.2, 0.25) is 0 Å². The minimum Gasteiger partial charge on any atom is -0.355 e. The van der Waals surface area contributed by atoms with Gasteiger partial charge in [-0.25, -0.2) is 9.97 Å². The van der Waals surface area contributed by atoms with Gasteiger partial charge in [0.1, 0.15) is 12.1 Å². The SMILES string of the molecule is Brc1cncnc1N1C[C@@H]2CN3CCCC[C@@H]3[C@@H]2C1. The zero-order valence-electron chi connectivity index (χ0n) is 11.0. The van der Waals surface area contributed by atoms with Crippen molar-refractivity contribution >= 4 is 21.7 Å². The minimum absolute atomic E-state index is 0.837. The van der Waals surface area contributed by atoms with E-state index in [1.165, 1.54) is 38.9 Å². The van der Waals surface area contributed by atoms with Gasteiger partial charge < -0.3 is 4.90 Å². The number of fused-ring (bicyclic) bond motifs is 3. The zero-order chi connectivity index (χ0) is 12.8. The van der Waals surface area contributed by atoms with Crippen molar-refractivity contribution in [3.05, 3.63) is 17.0 Å². The monoisotopic (exact) mass is 322 g/mol. The van der Waals surface area contributed by atoms with Crippen LogP contribution in [0.1, 0.15) is 19.3 Å². The van der Waals surface area contributed by atoms with E-state index in [1.807, 2.05) is 6.20 Å². The molecule has 0 N–H and O–H groups in total. The van der Waals surface area contributed by atoms with Crippen LogP contribution in [0.5, 0.6) is 0 Å². The van der Waals surface area contributed by atoms with Crippen LogP contribution in [0.15, 0.2) is 17.0 Å². The predicted octanol–water partition coefficient (Wildman–Crippen LogP) is 2.16. The Bertz CT molecular complexity index is 480. The van der Waals surface area contributed by atoms with Crippen molar-refractivity contribution in [3.8, 4) is 0 Å². The van der Waals surface area contributed by atoms with Gasteiger partial charge in [0, 0.05) is 31.9 Å². The summed E-state index contributed by atoms with van der Waals surface area (Å²) in [6.07, 6.45) is 7.73. The molecule has 4 nitrogen and oxygen atoms in total. The van der Waals surface area contributed by atoms with Crippen LogP contribution in [0, 0.1) is 11.8 Å². The second kappa shape index (κ2) is 4.70. The number of hydrogen-bond donors (Lipinski definition) is 0. The van der Waals surface area contributed by atoms with Crippen LogP contribution in [0.25, 0.3) is 0 Å². The Hall–Kier alpha value is -0.680. The van der Waals surface area contributed by atoms with Crippen LogP contribution in [0.3, 0.4) is 0 Å². The van der Waals surface area contributed by atoms with E-state index in [2.05, 4.69) is 35.7 Å². The van der Waals surface area contributed by atoms with E-state index >= 15 is 0 Å². The highest BCUT2D eigenvalue weighted by Crippen LogP contribution is 2.42. The maximum atomic E-state index is 4.45. The lowest BCUT2D eigenvalue weighted by Gasteiger charge is -2.33. The third-order valence-corrected chi connectivity index (χ3v) is 5.63. The van der Waals surface area contributed by atoms with Crippen molar-refractivity contribution in [2.24, 2.45) is 11.8 Å². The van der Waals surface area contributed by atoms with Gasteiger partial charge in [-0.05, 0) is 47.2 Å². The smallest absolute Gasteiger partial charge is 0.146 e. The third-order valence-electron chi connectivity index (χ3n) is 5.07. The fourth-order valence-electron chi connectivity index (χ4n) is 4.27. The van der Waals surface area contributed by atoms with Crippen LogP contribution in [-0.4, -0.2) is 47.1 Å². The lowest BCUT2D eigenvalue weighted by Crippen LogP contribution is -2.40. The van der Waals surface area contributed by atoms with Gasteiger partial charge in [-0.15, -0.1) is 0 Å². The van der Waals surface area contributed by atoms with Crippen molar-refractivity contribution < 1.29 is 0 Å². The van der Waals surface area contributed by atoms with E-state index in [9.17, 15) is 0 Å². The Morgan fingerprint density at radius 3 is 3.05 bits per heavy atom. The molecule has 3 aliphatic heterocycles. The van der Waals surface area contributed by atoms with E-state index in [4.69, 9.17) is 0 Å². The van der Waals surface area contributed by atoms with E-state index < -0.39 is 0 Å². The van der Waals surface area contributed by atoms with Crippen LogP contribution < -0.4 is 4.90 Å². The van der Waals surface area contributed by atoms with E-state index in [1.54, 1.807) is 6.33 Å². The molecule has 5 heteroatoms. The molecule has 0 unspecified atom stereocenters. The molecule has 19 heavy (non-hydrogen) atoms. The number of aromatic nitrogens is 2. The number of halogens is 1. The molecule has 3 saturated heterocycles. The van der Waals surface area contributed by atoms with Crippen molar-refractivity contribution in [2.45, 2.75) is 25.3 Å². The molecule has 0 radical (unpaired) electrons. The molecule has 102 valence electrons. The second-order valence-corrected chi connectivity index (χ2v) is 6.94. The average molecular weight is 323 g/mol. The fourth-order valence-corrected chi connectivity index (χ4v) is 4.74. The van der Waals surface area contributed by atoms with Crippen molar-refractivity contribution in [1.82, 2.24) is 14.9 Å². The molecule has 4 heterocycles. The molecule has 0 bridgehead atoms. The first-order chi connectivity index (χ1) is 9.33. The summed E-state index contributed by atoms with van der Waals surface area (Å²) >= 11 is 3.58. The van der Waals surface area contributed by atoms with Crippen molar-refractivity contribution in [2.75, 3.05) is 31.1 Å². The number of nitrogens with zero attached hydrogens (tertiary/aromatic N) is 4. The fraction of sp³-hybridized carbons (Fsp3) is 0.714. The van der Waals surface area contributed by atoms with Crippen LogP contribution >= 0.6 is 15.9 Å². The van der Waals surface area contributed by atoms with Crippen molar-refractivity contribution in [1.29, 1.82) is 0 Å². The number of hydrogen-bond acceptors (Lipinski definition) is 4. The quantitative estimate of drug-likeness (QED) is 0.793. The van der Waals surface area contributed by atoms with Crippen LogP contribution in [0.2, 0.25) is 0 Å². The maximum absolute atomic E-state index is 4.45. The molecule has 1 aromatic rings. The first kappa shape index (κ1) is 12.1. The summed E-state index contributed by atoms with van der Waals surface area (Å²) in [5.74, 6) is 2.76. The molecular weight excluding hydrogens is 304 g/mol. The Kier molecular flexibility index (Phi) is 2.99. The summed E-state index contributed by atoms with van der Waals surface area (Å²) in [5, 5.41) is 0. The van der Waals surface area contributed by atoms with E-state index in [0.29, 0.717) is 0 Å². The molecule has 0 aliphatic carbocycles. The van der Waals surface area contributed by atoms with Gasteiger partial charge in [0.05, 0.1) is 4.47 Å². The molecule has 3 fully saturated rings. The summed E-state index contributed by atoms with van der Waals surface area (Å²) in [5.41, 5.74) is 0. The Morgan fingerprint density at radius 1 is 1.21 bits per heavy atom. The molecule has 0 spiro atoms. The van der Waals surface area contributed by atoms with Gasteiger partial charge in [0.15, 0.2) is 0 Å². The van der Waals surface area contributed by atoms with Gasteiger partial charge in [0.25, 0.3) is 0 Å². The highest BCUT2D eigenvalue weighted by atomic mass is 79.9. The summed E-state index contributed by atoms with van der Waals surface area (Å²) < 4.78 is 1.02. The largest absolute Gasteiger partial charge is 0.355 e. The third kappa shape index (κ3) is 1.98. The standard InChI is InChI=1S/C14H19BrN4/c15-12-5-16-9-17-14(12)19-7-10-6-18-4-2-1-3-13(18)11(10)8-19/h5,9-11,13H,1-4,6-8H2/t10-,11+,13+/m0/s1. The van der Waals surface area contributed by atoms with Gasteiger partial charge in [-0.3, -0.25) is 4.90 Å². The molecule has 3 aliphatic rings. The molecule has 0 amide bonds. The topological polar surface area (TPSA) is 32.3 Å². The molecule has 4 rings (SSSR count). The number of piperidine rings is 1. The molecule has 3 atom stereocenters. The van der Waals surface area contributed by atoms with E-state index in [0.717, 1.165) is 34.7 Å². The summed E-state index contributed by atoms with van der Waals surface area (Å²) in [7, 11) is 0. The molecular formula is C14H19BrN4. The Balaban J connectivity index is 1.54. The number of anilines is 1. The Labute approximate surface area is 122 Å². The highest BCUT2D eigenvalue weighted by Gasteiger charge is 2.47. The lowest BCUT2D eigenvalue weighted by atomic mass is 9.90. The molecule has 0 saturated carbocycles. The van der Waals surface area contributed by atoms with Crippen LogP contribution in [-0.2, 0) is 0 Å². The van der Waals surface area contributed by atoms with Gasteiger partial charge in [-0.2, -0.15) is 0 Å². The molecule has 1 aromatic heterocycles. The van der Waals surface area contributed by atoms with E-state index in [-0.39, 0.29) is 0 Å². The summed E-state index contributed by atoms with van der Waals surface area (Å²) in [6, 6.07) is 0.837. The van der Waals surface area contributed by atoms with Gasteiger partial charge >= 0.3 is 0 Å². The predicted molar refractivity (Wildman–Crippen MR) is 78.1 cm³/mol. The lowest BCUT2D eigenvalue weighted by molar-refractivity contribution is 0.173.